The number of aromatic nitrogens is 2. The molecule has 182 valence electrons. The Kier molecular flexibility index (Phi) is 5.07. The van der Waals surface area contributed by atoms with Gasteiger partial charge in [0, 0.05) is 22.2 Å². The summed E-state index contributed by atoms with van der Waals surface area (Å²) in [6, 6.07) is 16.6. The van der Waals surface area contributed by atoms with Gasteiger partial charge in [0.05, 0.1) is 12.0 Å². The molecule has 0 spiro atoms. The first-order chi connectivity index (χ1) is 17.4. The van der Waals surface area contributed by atoms with E-state index in [0.29, 0.717) is 56.6 Å². The van der Waals surface area contributed by atoms with Crippen LogP contribution in [0.4, 0.5) is 5.69 Å². The molecule has 0 saturated heterocycles. The first kappa shape index (κ1) is 22.0. The summed E-state index contributed by atoms with van der Waals surface area (Å²) in [5.41, 5.74) is 2.28. The zero-order valence-electron chi connectivity index (χ0n) is 19.1. The maximum Gasteiger partial charge on any atom is 0.294 e. The molecule has 2 aromatic heterocycles. The van der Waals surface area contributed by atoms with E-state index in [0.717, 1.165) is 0 Å². The van der Waals surface area contributed by atoms with Gasteiger partial charge in [0.15, 0.2) is 17.3 Å². The van der Waals surface area contributed by atoms with Gasteiger partial charge in [-0.3, -0.25) is 4.72 Å². The molecule has 0 radical (unpaired) electrons. The lowest BCUT2D eigenvalue weighted by atomic mass is 10.1. The van der Waals surface area contributed by atoms with Crippen LogP contribution >= 0.6 is 0 Å². The van der Waals surface area contributed by atoms with Crippen LogP contribution in [0.5, 0.6) is 17.2 Å². The summed E-state index contributed by atoms with van der Waals surface area (Å²) in [4.78, 5) is 4.56. The van der Waals surface area contributed by atoms with Crippen LogP contribution in [-0.2, 0) is 10.0 Å². The van der Waals surface area contributed by atoms with Gasteiger partial charge < -0.3 is 23.2 Å². The van der Waals surface area contributed by atoms with Crippen LogP contribution in [0.15, 0.2) is 74.5 Å². The van der Waals surface area contributed by atoms with E-state index >= 15 is 0 Å². The number of methoxy groups -OCH3 is 1. The molecule has 0 bridgehead atoms. The second kappa shape index (κ2) is 8.31. The number of fused-ring (bicyclic) bond motifs is 2. The molecule has 11 heteroatoms. The van der Waals surface area contributed by atoms with Crippen LogP contribution < -0.4 is 18.9 Å². The smallest absolute Gasteiger partial charge is 0.294 e. The van der Waals surface area contributed by atoms with Gasteiger partial charge in [0.1, 0.15) is 11.3 Å². The first-order valence-electron chi connectivity index (χ1n) is 10.9. The standard InChI is InChI=1S/C25H19N3O7S/c1-14-19-12-18(36(29,30)28-16-4-6-17(31-2)7-5-16)8-10-20(19)34-23(14)25-26-24(27-35-25)15-3-9-21-22(11-15)33-13-32-21/h3-12,28H,13H2,1-2H3. The van der Waals surface area contributed by atoms with Crippen LogP contribution in [0.2, 0.25) is 0 Å². The van der Waals surface area contributed by atoms with Crippen molar-refractivity contribution >= 4 is 26.7 Å². The monoisotopic (exact) mass is 505 g/mol. The van der Waals surface area contributed by atoms with Crippen LogP contribution in [0.3, 0.4) is 0 Å². The third-order valence-electron chi connectivity index (χ3n) is 5.81. The summed E-state index contributed by atoms with van der Waals surface area (Å²) in [6.45, 7) is 1.97. The predicted molar refractivity (Wildman–Crippen MR) is 130 cm³/mol. The molecule has 0 amide bonds. The molecule has 1 N–H and O–H groups in total. The molecule has 1 aliphatic rings. The summed E-state index contributed by atoms with van der Waals surface area (Å²) >= 11 is 0. The van der Waals surface area contributed by atoms with Crippen molar-refractivity contribution in [2.45, 2.75) is 11.8 Å². The van der Waals surface area contributed by atoms with Gasteiger partial charge in [-0.05, 0) is 67.6 Å². The van der Waals surface area contributed by atoms with E-state index < -0.39 is 10.0 Å². The number of aryl methyl sites for hydroxylation is 1. The van der Waals surface area contributed by atoms with E-state index in [4.69, 9.17) is 23.2 Å². The fraction of sp³-hybridized carbons (Fsp3) is 0.120. The van der Waals surface area contributed by atoms with Crippen molar-refractivity contribution in [3.63, 3.8) is 0 Å². The van der Waals surface area contributed by atoms with Crippen molar-refractivity contribution in [2.75, 3.05) is 18.6 Å². The Balaban J connectivity index is 1.31. The lowest BCUT2D eigenvalue weighted by Gasteiger charge is -2.09. The Morgan fingerprint density at radius 2 is 1.78 bits per heavy atom. The number of sulfonamides is 1. The number of hydrogen-bond acceptors (Lipinski definition) is 9. The number of nitrogens with one attached hydrogen (secondary N) is 1. The molecule has 3 heterocycles. The average Bonchev–Trinajstić information content (AvgIpc) is 3.62. The number of rotatable bonds is 6. The molecular formula is C25H19N3O7S. The van der Waals surface area contributed by atoms with Gasteiger partial charge >= 0.3 is 0 Å². The van der Waals surface area contributed by atoms with Crippen molar-refractivity contribution in [2.24, 2.45) is 0 Å². The summed E-state index contributed by atoms with van der Waals surface area (Å²) in [5.74, 6) is 2.79. The van der Waals surface area contributed by atoms with Gasteiger partial charge in [0.2, 0.25) is 12.6 Å². The molecule has 0 fully saturated rings. The summed E-state index contributed by atoms with van der Waals surface area (Å²) in [6.07, 6.45) is 0. The number of hydrogen-bond donors (Lipinski definition) is 1. The van der Waals surface area contributed by atoms with Crippen molar-refractivity contribution in [3.05, 3.63) is 66.2 Å². The average molecular weight is 506 g/mol. The fourth-order valence-corrected chi connectivity index (χ4v) is 5.00. The Bertz CT molecular complexity index is 1710. The number of ether oxygens (including phenoxy) is 3. The molecule has 10 nitrogen and oxygen atoms in total. The molecular weight excluding hydrogens is 486 g/mol. The largest absolute Gasteiger partial charge is 0.497 e. The predicted octanol–water partition coefficient (Wildman–Crippen LogP) is 5.00. The van der Waals surface area contributed by atoms with Crippen LogP contribution in [-0.4, -0.2) is 32.5 Å². The summed E-state index contributed by atoms with van der Waals surface area (Å²) in [5, 5.41) is 4.67. The maximum absolute atomic E-state index is 13.0. The van der Waals surface area contributed by atoms with Crippen LogP contribution in [0, 0.1) is 6.92 Å². The minimum atomic E-state index is -3.84. The SMILES string of the molecule is COc1ccc(NS(=O)(=O)c2ccc3oc(-c4nc(-c5ccc6c(c5)OCO6)no4)c(C)c3c2)cc1. The molecule has 3 aromatic carbocycles. The van der Waals surface area contributed by atoms with E-state index in [1.165, 1.54) is 6.07 Å². The highest BCUT2D eigenvalue weighted by atomic mass is 32.2. The number of anilines is 1. The highest BCUT2D eigenvalue weighted by molar-refractivity contribution is 7.92. The number of nitrogens with zero attached hydrogens (tertiary/aromatic N) is 2. The third kappa shape index (κ3) is 3.79. The second-order valence-electron chi connectivity index (χ2n) is 8.04. The van der Waals surface area contributed by atoms with Gasteiger partial charge in [-0.25, -0.2) is 8.42 Å². The molecule has 0 saturated carbocycles. The van der Waals surface area contributed by atoms with E-state index in [2.05, 4.69) is 14.9 Å². The lowest BCUT2D eigenvalue weighted by Crippen LogP contribution is -2.12. The van der Waals surface area contributed by atoms with Crippen LogP contribution in [0.1, 0.15) is 5.56 Å². The van der Waals surface area contributed by atoms with E-state index in [1.54, 1.807) is 68.6 Å². The van der Waals surface area contributed by atoms with E-state index in [1.807, 2.05) is 0 Å². The van der Waals surface area contributed by atoms with Crippen LogP contribution in [0.25, 0.3) is 34.0 Å². The fourth-order valence-electron chi connectivity index (χ4n) is 3.91. The maximum atomic E-state index is 13.0. The molecule has 5 aromatic rings. The molecule has 0 atom stereocenters. The van der Waals surface area contributed by atoms with Gasteiger partial charge in [0.25, 0.3) is 15.9 Å². The van der Waals surface area contributed by atoms with Crippen molar-refractivity contribution in [1.29, 1.82) is 0 Å². The van der Waals surface area contributed by atoms with Gasteiger partial charge in [-0.2, -0.15) is 4.98 Å². The molecule has 1 aliphatic heterocycles. The van der Waals surface area contributed by atoms with E-state index in [9.17, 15) is 8.42 Å². The number of furan rings is 1. The molecule has 36 heavy (non-hydrogen) atoms. The second-order valence-corrected chi connectivity index (χ2v) is 9.72. The highest BCUT2D eigenvalue weighted by Gasteiger charge is 2.23. The van der Waals surface area contributed by atoms with Crippen molar-refractivity contribution in [1.82, 2.24) is 10.1 Å². The highest BCUT2D eigenvalue weighted by Crippen LogP contribution is 2.37. The minimum Gasteiger partial charge on any atom is -0.497 e. The normalized spacial score (nSPS) is 12.7. The Hall–Kier alpha value is -4.51. The van der Waals surface area contributed by atoms with Crippen molar-refractivity contribution in [3.8, 4) is 40.3 Å². The lowest BCUT2D eigenvalue weighted by molar-refractivity contribution is 0.174. The Morgan fingerprint density at radius 3 is 2.58 bits per heavy atom. The van der Waals surface area contributed by atoms with Gasteiger partial charge in [-0.1, -0.05) is 5.16 Å². The minimum absolute atomic E-state index is 0.0906. The zero-order valence-corrected chi connectivity index (χ0v) is 20.0. The summed E-state index contributed by atoms with van der Waals surface area (Å²) < 4.78 is 55.8. The first-order valence-corrected chi connectivity index (χ1v) is 12.3. The third-order valence-corrected chi connectivity index (χ3v) is 7.19. The Morgan fingerprint density at radius 1 is 0.972 bits per heavy atom. The quantitative estimate of drug-likeness (QED) is 0.339. The van der Waals surface area contributed by atoms with Crippen molar-refractivity contribution < 1.29 is 31.6 Å². The Labute approximate surface area is 205 Å². The van der Waals surface area contributed by atoms with E-state index in [-0.39, 0.29) is 17.6 Å². The topological polar surface area (TPSA) is 126 Å². The molecule has 0 aliphatic carbocycles. The summed E-state index contributed by atoms with van der Waals surface area (Å²) in [7, 11) is -2.30. The van der Waals surface area contributed by atoms with Gasteiger partial charge in [-0.15, -0.1) is 0 Å². The number of benzene rings is 3. The zero-order chi connectivity index (χ0) is 24.9. The molecule has 6 rings (SSSR count). The molecule has 0 unspecified atom stereocenters.